The van der Waals surface area contributed by atoms with Gasteiger partial charge in [-0.15, -0.1) is 0 Å². The molecule has 1 aromatic heterocycles. The second-order valence-electron chi connectivity index (χ2n) is 10.7. The third-order valence-corrected chi connectivity index (χ3v) is 10.3. The third-order valence-electron chi connectivity index (χ3n) is 8.51. The van der Waals surface area contributed by atoms with Gasteiger partial charge in [0.15, 0.2) is 0 Å². The molecule has 3 atom stereocenters. The summed E-state index contributed by atoms with van der Waals surface area (Å²) in [4.78, 5) is 13.2. The zero-order valence-electron chi connectivity index (χ0n) is 19.5. The molecule has 3 fully saturated rings. The second kappa shape index (κ2) is 9.07. The van der Waals surface area contributed by atoms with E-state index in [2.05, 4.69) is 22.3 Å². The molecule has 8 heteroatoms. The van der Waals surface area contributed by atoms with Crippen LogP contribution in [0.1, 0.15) is 62.1 Å². The van der Waals surface area contributed by atoms with Gasteiger partial charge in [0, 0.05) is 23.9 Å². The number of halogens is 1. The number of nitrogens with zero attached hydrogens (tertiary/aromatic N) is 3. The monoisotopic (exact) mass is 500 g/mol. The highest BCUT2D eigenvalue weighted by Crippen LogP contribution is 2.49. The van der Waals surface area contributed by atoms with Crippen molar-refractivity contribution in [1.29, 1.82) is 0 Å². The molecular formula is C26H33ClN4O2S. The highest BCUT2D eigenvalue weighted by Gasteiger charge is 2.44. The number of fused-ring (bicyclic) bond motifs is 3. The van der Waals surface area contributed by atoms with Gasteiger partial charge in [0.2, 0.25) is 5.95 Å². The average Bonchev–Trinajstić information content (AvgIpc) is 2.96. The van der Waals surface area contributed by atoms with Crippen LogP contribution < -0.4 is 10.2 Å². The number of aryl methyl sites for hydroxylation is 1. The van der Waals surface area contributed by atoms with Gasteiger partial charge in [0.25, 0.3) is 0 Å². The van der Waals surface area contributed by atoms with Gasteiger partial charge < -0.3 is 15.3 Å². The molecule has 6 nitrogen and oxygen atoms in total. The summed E-state index contributed by atoms with van der Waals surface area (Å²) >= 11 is 6.14. The van der Waals surface area contributed by atoms with Crippen molar-refractivity contribution in [3.8, 4) is 0 Å². The molecule has 0 radical (unpaired) electrons. The Labute approximate surface area is 209 Å². The minimum absolute atomic E-state index is 0.0738. The fourth-order valence-electron chi connectivity index (χ4n) is 6.54. The molecule has 2 unspecified atom stereocenters. The quantitative estimate of drug-likeness (QED) is 0.628. The van der Waals surface area contributed by atoms with Crippen molar-refractivity contribution in [3.63, 3.8) is 0 Å². The van der Waals surface area contributed by atoms with Gasteiger partial charge in [-0.1, -0.05) is 23.7 Å². The van der Waals surface area contributed by atoms with Crippen molar-refractivity contribution in [1.82, 2.24) is 9.97 Å². The Morgan fingerprint density at radius 1 is 1.09 bits per heavy atom. The number of aliphatic hydroxyl groups excluding tert-OH is 1. The number of nitrogens with one attached hydrogen (secondary N) is 1. The number of benzene rings is 1. The van der Waals surface area contributed by atoms with Crippen LogP contribution in [0.15, 0.2) is 29.2 Å². The number of piperidine rings is 1. The van der Waals surface area contributed by atoms with Crippen molar-refractivity contribution >= 4 is 34.2 Å². The largest absolute Gasteiger partial charge is 0.394 e. The summed E-state index contributed by atoms with van der Waals surface area (Å²) in [5, 5.41) is 14.4. The standard InChI is InChI=1S/C26H33ClN4O2S/c27-20-9-7-17(8-10-20)22-18-5-6-19(22)15-31(14-18)25-28-21-4-1-2-13-34(33)23(21)24(29-25)30-26(16-32)11-3-12-26/h7-10,18-19,22,32H,1-6,11-16H2,(H,28,29,30)/t18?,19?,22?,34-/m1/s1. The van der Waals surface area contributed by atoms with Gasteiger partial charge in [0.1, 0.15) is 10.7 Å². The minimum atomic E-state index is -1.10. The molecule has 1 saturated heterocycles. The molecule has 2 N–H and O–H groups in total. The van der Waals surface area contributed by atoms with Gasteiger partial charge in [-0.3, -0.25) is 4.21 Å². The van der Waals surface area contributed by atoms with Crippen LogP contribution in [0.3, 0.4) is 0 Å². The normalized spacial score (nSPS) is 29.8. The topological polar surface area (TPSA) is 78.4 Å². The van der Waals surface area contributed by atoms with Crippen LogP contribution in [0, 0.1) is 11.8 Å². The summed E-state index contributed by atoms with van der Waals surface area (Å²) in [5.74, 6) is 3.83. The molecular weight excluding hydrogens is 468 g/mol. The molecule has 0 amide bonds. The maximum absolute atomic E-state index is 13.1. The Bertz CT molecular complexity index is 1070. The van der Waals surface area contributed by atoms with Gasteiger partial charge in [-0.2, -0.15) is 4.98 Å². The van der Waals surface area contributed by atoms with E-state index in [0.29, 0.717) is 29.3 Å². The summed E-state index contributed by atoms with van der Waals surface area (Å²) in [6.07, 6.45) is 8.17. The summed E-state index contributed by atoms with van der Waals surface area (Å²) in [6.45, 7) is 1.96. The number of hydrogen-bond acceptors (Lipinski definition) is 6. The van der Waals surface area contributed by atoms with E-state index in [9.17, 15) is 9.32 Å². The fourth-order valence-corrected chi connectivity index (χ4v) is 8.06. The lowest BCUT2D eigenvalue weighted by atomic mass is 9.77. The highest BCUT2D eigenvalue weighted by molar-refractivity contribution is 7.85. The van der Waals surface area contributed by atoms with Crippen molar-refractivity contribution in [2.24, 2.45) is 11.8 Å². The van der Waals surface area contributed by atoms with E-state index in [-0.39, 0.29) is 12.1 Å². The van der Waals surface area contributed by atoms with Gasteiger partial charge >= 0.3 is 0 Å². The molecule has 2 bridgehead atoms. The molecule has 34 heavy (non-hydrogen) atoms. The first-order valence-electron chi connectivity index (χ1n) is 12.7. The third kappa shape index (κ3) is 4.03. The molecule has 4 aliphatic rings. The summed E-state index contributed by atoms with van der Waals surface area (Å²) in [7, 11) is -1.10. The molecule has 6 rings (SSSR count). The van der Waals surface area contributed by atoms with Gasteiger partial charge in [-0.25, -0.2) is 4.98 Å². The van der Waals surface area contributed by atoms with E-state index in [1.165, 1.54) is 18.4 Å². The molecule has 2 aliphatic heterocycles. The summed E-state index contributed by atoms with van der Waals surface area (Å²) in [6, 6.07) is 8.40. The smallest absolute Gasteiger partial charge is 0.227 e. The van der Waals surface area contributed by atoms with Crippen molar-refractivity contribution in [2.45, 2.75) is 67.7 Å². The van der Waals surface area contributed by atoms with E-state index in [1.807, 2.05) is 12.1 Å². The molecule has 1 aromatic carbocycles. The van der Waals surface area contributed by atoms with E-state index in [4.69, 9.17) is 21.6 Å². The van der Waals surface area contributed by atoms with E-state index < -0.39 is 10.8 Å². The first-order chi connectivity index (χ1) is 16.5. The van der Waals surface area contributed by atoms with E-state index in [1.54, 1.807) is 0 Å². The Morgan fingerprint density at radius 2 is 1.82 bits per heavy atom. The molecule has 0 spiro atoms. The number of anilines is 2. The Hall–Kier alpha value is -1.70. The Morgan fingerprint density at radius 3 is 2.47 bits per heavy atom. The number of hydrogen-bond donors (Lipinski definition) is 2. The summed E-state index contributed by atoms with van der Waals surface area (Å²) < 4.78 is 13.1. The van der Waals surface area contributed by atoms with Gasteiger partial charge in [-0.05, 0) is 86.8 Å². The predicted octanol–water partition coefficient (Wildman–Crippen LogP) is 4.53. The van der Waals surface area contributed by atoms with Crippen LogP contribution in [0.5, 0.6) is 0 Å². The maximum Gasteiger partial charge on any atom is 0.227 e. The summed E-state index contributed by atoms with van der Waals surface area (Å²) in [5.41, 5.74) is 1.99. The van der Waals surface area contributed by atoms with Crippen LogP contribution in [-0.2, 0) is 17.2 Å². The Balaban J connectivity index is 1.32. The Kier molecular flexibility index (Phi) is 6.06. The molecule has 3 heterocycles. The minimum Gasteiger partial charge on any atom is -0.394 e. The zero-order valence-corrected chi connectivity index (χ0v) is 21.1. The van der Waals surface area contributed by atoms with Crippen LogP contribution >= 0.6 is 11.6 Å². The second-order valence-corrected chi connectivity index (χ2v) is 12.6. The fraction of sp³-hybridized carbons (Fsp3) is 0.615. The van der Waals surface area contributed by atoms with Crippen molar-refractivity contribution in [2.75, 3.05) is 35.7 Å². The first kappa shape index (κ1) is 22.7. The molecule has 2 aliphatic carbocycles. The lowest BCUT2D eigenvalue weighted by molar-refractivity contribution is 0.143. The number of aromatic nitrogens is 2. The molecule has 182 valence electrons. The first-order valence-corrected chi connectivity index (χ1v) is 14.4. The maximum atomic E-state index is 13.1. The lowest BCUT2D eigenvalue weighted by Gasteiger charge is -2.42. The van der Waals surface area contributed by atoms with E-state index >= 15 is 0 Å². The molecule has 2 saturated carbocycles. The van der Waals surface area contributed by atoms with Gasteiger partial charge in [0.05, 0.1) is 28.6 Å². The SMILES string of the molecule is O=[S@@]1CCCCc2nc(N3CC4CCC(C3)C4c3ccc(Cl)cc3)nc(NC3(CO)CCC3)c21. The van der Waals surface area contributed by atoms with Crippen LogP contribution in [-0.4, -0.2) is 50.3 Å². The molecule has 2 aromatic rings. The average molecular weight is 501 g/mol. The van der Waals surface area contributed by atoms with Crippen molar-refractivity contribution in [3.05, 3.63) is 40.5 Å². The van der Waals surface area contributed by atoms with E-state index in [0.717, 1.165) is 73.2 Å². The highest BCUT2D eigenvalue weighted by atomic mass is 35.5. The zero-order chi connectivity index (χ0) is 23.3. The number of rotatable bonds is 5. The predicted molar refractivity (Wildman–Crippen MR) is 136 cm³/mol. The number of aliphatic hydroxyl groups is 1. The van der Waals surface area contributed by atoms with Crippen LogP contribution in [0.25, 0.3) is 0 Å². The van der Waals surface area contributed by atoms with Crippen molar-refractivity contribution < 1.29 is 9.32 Å². The van der Waals surface area contributed by atoms with Crippen LogP contribution in [0.4, 0.5) is 11.8 Å². The lowest BCUT2D eigenvalue weighted by Crippen LogP contribution is -2.49. The van der Waals surface area contributed by atoms with Crippen LogP contribution in [0.2, 0.25) is 5.02 Å².